The minimum absolute atomic E-state index is 0.00279. The second-order valence-corrected chi connectivity index (χ2v) is 8.81. The molecule has 2 unspecified atom stereocenters. The zero-order chi connectivity index (χ0) is 19.0. The number of nitrogens with zero attached hydrogens (tertiary/aromatic N) is 3. The second kappa shape index (κ2) is 7.33. The molecule has 6 heteroatoms. The van der Waals surface area contributed by atoms with Crippen LogP contribution < -0.4 is 9.64 Å². The van der Waals surface area contributed by atoms with E-state index in [1.807, 2.05) is 12.1 Å². The van der Waals surface area contributed by atoms with Crippen molar-refractivity contribution in [2.24, 2.45) is 5.92 Å². The van der Waals surface area contributed by atoms with Crippen molar-refractivity contribution in [2.75, 3.05) is 18.6 Å². The lowest BCUT2D eigenvalue weighted by Crippen LogP contribution is -2.31. The molecule has 2 atom stereocenters. The summed E-state index contributed by atoms with van der Waals surface area (Å²) in [4.78, 5) is 7.06. The molecule has 27 heavy (non-hydrogen) atoms. The molecule has 140 valence electrons. The molecule has 1 aliphatic carbocycles. The molecule has 0 saturated heterocycles. The first-order valence-electron chi connectivity index (χ1n) is 9.15. The van der Waals surface area contributed by atoms with E-state index >= 15 is 0 Å². The molecule has 1 fully saturated rings. The van der Waals surface area contributed by atoms with Gasteiger partial charge in [-0.05, 0) is 58.8 Å². The largest absolute Gasteiger partial charge is 0.497 e. The van der Waals surface area contributed by atoms with Gasteiger partial charge < -0.3 is 9.64 Å². The molecule has 1 saturated carbocycles. The number of ether oxygens (including phenoxy) is 1. The van der Waals surface area contributed by atoms with Gasteiger partial charge in [0.25, 0.3) is 0 Å². The van der Waals surface area contributed by atoms with E-state index in [0.29, 0.717) is 12.3 Å². The minimum Gasteiger partial charge on any atom is -0.497 e. The van der Waals surface area contributed by atoms with Crippen molar-refractivity contribution in [3.8, 4) is 11.8 Å². The number of halogens is 2. The SMILES string of the molecule is COc1ccc(CN2CC3(CCC(CC#N)C3)c3c2ncc(Br)c3Cl)cc1. The Kier molecular flexibility index (Phi) is 5.05. The Morgan fingerprint density at radius 3 is 2.89 bits per heavy atom. The molecule has 1 aromatic carbocycles. The van der Waals surface area contributed by atoms with Crippen LogP contribution >= 0.6 is 27.5 Å². The first-order chi connectivity index (χ1) is 13.1. The van der Waals surface area contributed by atoms with Gasteiger partial charge in [0.2, 0.25) is 0 Å². The summed E-state index contributed by atoms with van der Waals surface area (Å²) in [6.45, 7) is 1.69. The lowest BCUT2D eigenvalue weighted by Gasteiger charge is -2.26. The van der Waals surface area contributed by atoms with Gasteiger partial charge in [0.15, 0.2) is 0 Å². The van der Waals surface area contributed by atoms with Crippen LogP contribution in [-0.4, -0.2) is 18.6 Å². The van der Waals surface area contributed by atoms with Crippen LogP contribution in [0, 0.1) is 17.2 Å². The van der Waals surface area contributed by atoms with Gasteiger partial charge in [0, 0.05) is 36.7 Å². The van der Waals surface area contributed by atoms with E-state index < -0.39 is 0 Å². The number of hydrogen-bond acceptors (Lipinski definition) is 4. The number of benzene rings is 1. The van der Waals surface area contributed by atoms with Crippen molar-refractivity contribution in [3.05, 3.63) is 51.1 Å². The van der Waals surface area contributed by atoms with Crippen molar-refractivity contribution >= 4 is 33.3 Å². The van der Waals surface area contributed by atoms with E-state index in [4.69, 9.17) is 26.6 Å². The van der Waals surface area contributed by atoms with Gasteiger partial charge in [-0.3, -0.25) is 0 Å². The molecule has 0 radical (unpaired) electrons. The Morgan fingerprint density at radius 2 is 2.19 bits per heavy atom. The second-order valence-electron chi connectivity index (χ2n) is 7.57. The third-order valence-corrected chi connectivity index (χ3v) is 7.12. The molecular formula is C21H21BrClN3O. The molecule has 4 nitrogen and oxygen atoms in total. The summed E-state index contributed by atoms with van der Waals surface area (Å²) < 4.78 is 6.11. The molecule has 0 N–H and O–H groups in total. The third-order valence-electron chi connectivity index (χ3n) is 5.90. The average Bonchev–Trinajstić information content (AvgIpc) is 3.21. The van der Waals surface area contributed by atoms with E-state index in [0.717, 1.165) is 59.0 Å². The van der Waals surface area contributed by atoms with Crippen molar-refractivity contribution in [1.82, 2.24) is 4.98 Å². The number of methoxy groups -OCH3 is 1. The quantitative estimate of drug-likeness (QED) is 0.624. The topological polar surface area (TPSA) is 49.1 Å². The van der Waals surface area contributed by atoms with E-state index in [-0.39, 0.29) is 5.41 Å². The van der Waals surface area contributed by atoms with Crippen LogP contribution in [0.15, 0.2) is 34.9 Å². The van der Waals surface area contributed by atoms with Gasteiger partial charge in [-0.25, -0.2) is 4.98 Å². The van der Waals surface area contributed by atoms with Crippen LogP contribution in [-0.2, 0) is 12.0 Å². The van der Waals surface area contributed by atoms with Gasteiger partial charge in [-0.15, -0.1) is 0 Å². The number of fused-ring (bicyclic) bond motifs is 2. The lowest BCUT2D eigenvalue weighted by molar-refractivity contribution is 0.414. The average molecular weight is 447 g/mol. The predicted octanol–water partition coefficient (Wildman–Crippen LogP) is 5.48. The van der Waals surface area contributed by atoms with Crippen LogP contribution in [0.1, 0.15) is 36.8 Å². The van der Waals surface area contributed by atoms with E-state index in [1.165, 1.54) is 5.56 Å². The highest BCUT2D eigenvalue weighted by molar-refractivity contribution is 9.10. The Bertz CT molecular complexity index is 896. The Labute approximate surface area is 173 Å². The van der Waals surface area contributed by atoms with Gasteiger partial charge >= 0.3 is 0 Å². The van der Waals surface area contributed by atoms with Crippen LogP contribution in [0.2, 0.25) is 5.02 Å². The standard InChI is InChI=1S/C21H21BrClN3O/c1-27-16-4-2-15(3-5-16)12-26-13-21(8-6-14(10-21)7-9-24)18-19(23)17(22)11-25-20(18)26/h2-5,11,14H,6-8,10,12-13H2,1H3. The summed E-state index contributed by atoms with van der Waals surface area (Å²) in [5.41, 5.74) is 2.37. The number of rotatable bonds is 4. The maximum absolute atomic E-state index is 9.12. The zero-order valence-corrected chi connectivity index (χ0v) is 17.6. The molecule has 2 aliphatic rings. The summed E-state index contributed by atoms with van der Waals surface area (Å²) >= 11 is 10.3. The highest BCUT2D eigenvalue weighted by Gasteiger charge is 2.49. The summed E-state index contributed by atoms with van der Waals surface area (Å²) in [5.74, 6) is 2.28. The normalized spacial score (nSPS) is 23.5. The van der Waals surface area contributed by atoms with Gasteiger partial charge in [-0.1, -0.05) is 23.7 Å². The van der Waals surface area contributed by atoms with Gasteiger partial charge in [0.05, 0.1) is 22.7 Å². The maximum atomic E-state index is 9.12. The Hall–Kier alpha value is -1.77. The van der Waals surface area contributed by atoms with Crippen LogP contribution in [0.3, 0.4) is 0 Å². The van der Waals surface area contributed by atoms with Crippen LogP contribution in [0.4, 0.5) is 5.82 Å². The van der Waals surface area contributed by atoms with E-state index in [1.54, 1.807) is 13.3 Å². The monoisotopic (exact) mass is 445 g/mol. The highest BCUT2D eigenvalue weighted by Crippen LogP contribution is 2.55. The molecule has 2 aromatic rings. The molecule has 1 aromatic heterocycles. The molecule has 2 heterocycles. The van der Waals surface area contributed by atoms with Gasteiger partial charge in [0.1, 0.15) is 11.6 Å². The zero-order valence-electron chi connectivity index (χ0n) is 15.2. The number of hydrogen-bond donors (Lipinski definition) is 0. The maximum Gasteiger partial charge on any atom is 0.134 e. The molecule has 4 rings (SSSR count). The number of nitriles is 1. The number of aromatic nitrogens is 1. The first-order valence-corrected chi connectivity index (χ1v) is 10.3. The van der Waals surface area contributed by atoms with Crippen LogP contribution in [0.5, 0.6) is 5.75 Å². The fourth-order valence-electron chi connectivity index (χ4n) is 4.68. The third kappa shape index (κ3) is 3.30. The lowest BCUT2D eigenvalue weighted by atomic mass is 9.80. The molecule has 1 aliphatic heterocycles. The fraction of sp³-hybridized carbons (Fsp3) is 0.429. The highest BCUT2D eigenvalue weighted by atomic mass is 79.9. The molecular weight excluding hydrogens is 426 g/mol. The van der Waals surface area contributed by atoms with E-state index in [2.05, 4.69) is 39.0 Å². The first kappa shape index (κ1) is 18.6. The summed E-state index contributed by atoms with van der Waals surface area (Å²) in [7, 11) is 1.68. The number of pyridine rings is 1. The fourth-order valence-corrected chi connectivity index (χ4v) is 5.31. The number of anilines is 1. The van der Waals surface area contributed by atoms with Gasteiger partial charge in [-0.2, -0.15) is 5.26 Å². The Morgan fingerprint density at radius 1 is 1.41 bits per heavy atom. The van der Waals surface area contributed by atoms with Crippen molar-refractivity contribution in [3.63, 3.8) is 0 Å². The van der Waals surface area contributed by atoms with Crippen LogP contribution in [0.25, 0.3) is 0 Å². The summed E-state index contributed by atoms with van der Waals surface area (Å²) in [6, 6.07) is 10.5. The minimum atomic E-state index is -0.00279. The van der Waals surface area contributed by atoms with Crippen molar-refractivity contribution in [2.45, 2.75) is 37.6 Å². The molecule has 1 spiro atoms. The van der Waals surface area contributed by atoms with Crippen molar-refractivity contribution < 1.29 is 4.74 Å². The summed E-state index contributed by atoms with van der Waals surface area (Å²) in [6.07, 6.45) is 5.55. The predicted molar refractivity (Wildman–Crippen MR) is 110 cm³/mol. The molecule has 0 amide bonds. The smallest absolute Gasteiger partial charge is 0.134 e. The molecule has 0 bridgehead atoms. The van der Waals surface area contributed by atoms with Crippen molar-refractivity contribution in [1.29, 1.82) is 5.26 Å². The Balaban J connectivity index is 1.68. The van der Waals surface area contributed by atoms with E-state index in [9.17, 15) is 0 Å². The summed E-state index contributed by atoms with van der Waals surface area (Å²) in [5, 5.41) is 9.90.